The lowest BCUT2D eigenvalue weighted by Gasteiger charge is -2.12. The Labute approximate surface area is 76.6 Å². The summed E-state index contributed by atoms with van der Waals surface area (Å²) in [5.41, 5.74) is 0. The van der Waals surface area contributed by atoms with E-state index in [2.05, 4.69) is 4.72 Å². The van der Waals surface area contributed by atoms with Crippen LogP contribution in [-0.2, 0) is 10.0 Å². The van der Waals surface area contributed by atoms with Gasteiger partial charge >= 0.3 is 6.09 Å². The molecule has 1 aliphatic rings. The van der Waals surface area contributed by atoms with Gasteiger partial charge in [-0.2, -0.15) is 0 Å². The normalized spacial score (nSPS) is 23.5. The van der Waals surface area contributed by atoms with Crippen molar-refractivity contribution in [3.63, 3.8) is 0 Å². The van der Waals surface area contributed by atoms with Crippen LogP contribution in [0, 0.1) is 0 Å². The van der Waals surface area contributed by atoms with E-state index in [1.807, 2.05) is 0 Å². The topological polar surface area (TPSA) is 86.7 Å². The predicted octanol–water partition coefficient (Wildman–Crippen LogP) is -0.712. The van der Waals surface area contributed by atoms with Gasteiger partial charge in [0.1, 0.15) is 0 Å². The number of nitrogens with zero attached hydrogens (tertiary/aromatic N) is 1. The standard InChI is InChI=1S/C6H12N2O4S/c1-13(11,12)7-5-2-3-8(4-5)6(9)10/h5,7H,2-4H2,1H3,(H,9,10). The molecule has 0 aromatic rings. The first kappa shape index (κ1) is 10.3. The smallest absolute Gasteiger partial charge is 0.407 e. The molecule has 2 N–H and O–H groups in total. The van der Waals surface area contributed by atoms with E-state index in [0.29, 0.717) is 13.0 Å². The average Bonchev–Trinajstić information content (AvgIpc) is 2.31. The summed E-state index contributed by atoms with van der Waals surface area (Å²) in [6, 6.07) is -0.272. The second kappa shape index (κ2) is 3.51. The molecule has 0 aromatic heterocycles. The molecule has 1 atom stereocenters. The molecule has 0 aromatic carbocycles. The zero-order valence-corrected chi connectivity index (χ0v) is 8.04. The highest BCUT2D eigenvalue weighted by Gasteiger charge is 2.27. The van der Waals surface area contributed by atoms with Gasteiger partial charge in [-0.05, 0) is 6.42 Å². The summed E-state index contributed by atoms with van der Waals surface area (Å²) in [7, 11) is -3.23. The maximum absolute atomic E-state index is 10.8. The van der Waals surface area contributed by atoms with Crippen LogP contribution in [0.25, 0.3) is 0 Å². The van der Waals surface area contributed by atoms with Gasteiger partial charge in [-0.15, -0.1) is 0 Å². The van der Waals surface area contributed by atoms with Crippen molar-refractivity contribution in [2.45, 2.75) is 12.5 Å². The molecule has 1 amide bonds. The van der Waals surface area contributed by atoms with Crippen LogP contribution in [0.1, 0.15) is 6.42 Å². The van der Waals surface area contributed by atoms with Crippen molar-refractivity contribution in [3.05, 3.63) is 0 Å². The maximum atomic E-state index is 10.8. The first-order valence-electron chi connectivity index (χ1n) is 3.83. The van der Waals surface area contributed by atoms with E-state index < -0.39 is 16.1 Å². The van der Waals surface area contributed by atoms with E-state index in [-0.39, 0.29) is 12.6 Å². The third kappa shape index (κ3) is 3.19. The zero-order chi connectivity index (χ0) is 10.1. The van der Waals surface area contributed by atoms with E-state index in [1.165, 1.54) is 4.90 Å². The number of hydrogen-bond acceptors (Lipinski definition) is 3. The Morgan fingerprint density at radius 3 is 2.62 bits per heavy atom. The molecule has 7 heteroatoms. The summed E-state index contributed by atoms with van der Waals surface area (Å²) >= 11 is 0. The van der Waals surface area contributed by atoms with Gasteiger partial charge in [0.2, 0.25) is 10.0 Å². The first-order chi connectivity index (χ1) is 5.88. The Kier molecular flexibility index (Phi) is 2.77. The van der Waals surface area contributed by atoms with Gasteiger partial charge in [0, 0.05) is 19.1 Å². The number of likely N-dealkylation sites (tertiary alicyclic amines) is 1. The quantitative estimate of drug-likeness (QED) is 0.627. The van der Waals surface area contributed by atoms with Crippen molar-refractivity contribution in [3.8, 4) is 0 Å². The third-order valence-corrected chi connectivity index (χ3v) is 2.60. The molecule has 0 saturated carbocycles. The minimum absolute atomic E-state index is 0.238. The van der Waals surface area contributed by atoms with Crippen molar-refractivity contribution in [2.24, 2.45) is 0 Å². The molecule has 1 rings (SSSR count). The fourth-order valence-electron chi connectivity index (χ4n) is 1.33. The van der Waals surface area contributed by atoms with E-state index in [0.717, 1.165) is 6.26 Å². The van der Waals surface area contributed by atoms with Gasteiger partial charge in [0.05, 0.1) is 6.26 Å². The van der Waals surface area contributed by atoms with Crippen LogP contribution in [-0.4, -0.2) is 49.9 Å². The van der Waals surface area contributed by atoms with Crippen molar-refractivity contribution in [2.75, 3.05) is 19.3 Å². The Balaban J connectivity index is 2.47. The molecule has 1 aliphatic heterocycles. The van der Waals surface area contributed by atoms with Gasteiger partial charge in [0.15, 0.2) is 0 Å². The van der Waals surface area contributed by atoms with Crippen molar-refractivity contribution < 1.29 is 18.3 Å². The molecule has 1 fully saturated rings. The number of carboxylic acid groups (broad SMARTS) is 1. The number of sulfonamides is 1. The fraction of sp³-hybridized carbons (Fsp3) is 0.833. The van der Waals surface area contributed by atoms with E-state index >= 15 is 0 Å². The van der Waals surface area contributed by atoms with Crippen LogP contribution in [0.4, 0.5) is 4.79 Å². The van der Waals surface area contributed by atoms with Crippen LogP contribution < -0.4 is 4.72 Å². The van der Waals surface area contributed by atoms with Crippen molar-refractivity contribution >= 4 is 16.1 Å². The molecule has 1 saturated heterocycles. The number of hydrogen-bond donors (Lipinski definition) is 2. The lowest BCUT2D eigenvalue weighted by atomic mass is 10.3. The van der Waals surface area contributed by atoms with E-state index in [4.69, 9.17) is 5.11 Å². The van der Waals surface area contributed by atoms with Crippen LogP contribution in [0.3, 0.4) is 0 Å². The minimum Gasteiger partial charge on any atom is -0.465 e. The molecule has 13 heavy (non-hydrogen) atoms. The van der Waals surface area contributed by atoms with Gasteiger partial charge in [-0.3, -0.25) is 0 Å². The highest BCUT2D eigenvalue weighted by molar-refractivity contribution is 7.88. The van der Waals surface area contributed by atoms with Crippen molar-refractivity contribution in [1.29, 1.82) is 0 Å². The molecule has 0 bridgehead atoms. The summed E-state index contributed by atoms with van der Waals surface area (Å²) in [5, 5.41) is 8.58. The van der Waals surface area contributed by atoms with Gasteiger partial charge < -0.3 is 10.0 Å². The number of rotatable bonds is 2. The third-order valence-electron chi connectivity index (χ3n) is 1.84. The van der Waals surface area contributed by atoms with E-state index in [1.54, 1.807) is 0 Å². The zero-order valence-electron chi connectivity index (χ0n) is 7.23. The number of nitrogens with one attached hydrogen (secondary N) is 1. The first-order valence-corrected chi connectivity index (χ1v) is 5.73. The Hall–Kier alpha value is -0.820. The molecule has 6 nitrogen and oxygen atoms in total. The molecular formula is C6H12N2O4S. The van der Waals surface area contributed by atoms with Gasteiger partial charge in [-0.25, -0.2) is 17.9 Å². The lowest BCUT2D eigenvalue weighted by molar-refractivity contribution is 0.155. The summed E-state index contributed by atoms with van der Waals surface area (Å²) in [5.74, 6) is 0. The van der Waals surface area contributed by atoms with Crippen LogP contribution in [0.2, 0.25) is 0 Å². The summed E-state index contributed by atoms with van der Waals surface area (Å²) in [6.45, 7) is 0.630. The Morgan fingerprint density at radius 1 is 1.62 bits per heavy atom. The number of carbonyl (C=O) groups is 1. The Morgan fingerprint density at radius 2 is 2.23 bits per heavy atom. The summed E-state index contributed by atoms with van der Waals surface area (Å²) < 4.78 is 23.9. The molecular weight excluding hydrogens is 196 g/mol. The highest BCUT2D eigenvalue weighted by Crippen LogP contribution is 2.09. The molecule has 0 spiro atoms. The molecule has 0 radical (unpaired) electrons. The monoisotopic (exact) mass is 208 g/mol. The lowest BCUT2D eigenvalue weighted by Crippen LogP contribution is -2.37. The minimum atomic E-state index is -3.23. The molecule has 1 heterocycles. The maximum Gasteiger partial charge on any atom is 0.407 e. The molecule has 1 unspecified atom stereocenters. The average molecular weight is 208 g/mol. The highest BCUT2D eigenvalue weighted by atomic mass is 32.2. The second-order valence-electron chi connectivity index (χ2n) is 3.10. The Bertz CT molecular complexity index is 300. The van der Waals surface area contributed by atoms with Gasteiger partial charge in [-0.1, -0.05) is 0 Å². The van der Waals surface area contributed by atoms with Crippen LogP contribution >= 0.6 is 0 Å². The SMILES string of the molecule is CS(=O)(=O)NC1CCN(C(=O)O)C1. The number of amides is 1. The van der Waals surface area contributed by atoms with Gasteiger partial charge in [0.25, 0.3) is 0 Å². The second-order valence-corrected chi connectivity index (χ2v) is 4.88. The fourth-order valence-corrected chi connectivity index (χ4v) is 2.13. The molecule has 76 valence electrons. The largest absolute Gasteiger partial charge is 0.465 e. The van der Waals surface area contributed by atoms with E-state index in [9.17, 15) is 13.2 Å². The molecule has 0 aliphatic carbocycles. The predicted molar refractivity (Wildman–Crippen MR) is 46.0 cm³/mol. The summed E-state index contributed by atoms with van der Waals surface area (Å²) in [6.07, 6.45) is 0.605. The van der Waals surface area contributed by atoms with Crippen LogP contribution in [0.5, 0.6) is 0 Å². The van der Waals surface area contributed by atoms with Crippen LogP contribution in [0.15, 0.2) is 0 Å². The summed E-state index contributed by atoms with van der Waals surface area (Å²) in [4.78, 5) is 11.7. The van der Waals surface area contributed by atoms with Crippen molar-refractivity contribution in [1.82, 2.24) is 9.62 Å².